The maximum absolute atomic E-state index is 12.0. The van der Waals surface area contributed by atoms with Crippen LogP contribution in [0, 0.1) is 0 Å². The highest BCUT2D eigenvalue weighted by atomic mass is 16.5. The van der Waals surface area contributed by atoms with E-state index in [2.05, 4.69) is 15.8 Å². The van der Waals surface area contributed by atoms with E-state index in [1.54, 1.807) is 30.3 Å². The minimum absolute atomic E-state index is 0.0557. The second kappa shape index (κ2) is 9.65. The molecule has 8 nitrogen and oxygen atoms in total. The van der Waals surface area contributed by atoms with E-state index in [1.807, 2.05) is 30.3 Å². The minimum Gasteiger partial charge on any atom is -0.457 e. The van der Waals surface area contributed by atoms with Gasteiger partial charge in [0, 0.05) is 12.1 Å². The van der Waals surface area contributed by atoms with E-state index in [0.717, 1.165) is 5.56 Å². The van der Waals surface area contributed by atoms with E-state index in [1.165, 1.54) is 18.5 Å². The molecule has 29 heavy (non-hydrogen) atoms. The number of para-hydroxylation sites is 1. The van der Waals surface area contributed by atoms with Gasteiger partial charge in [0.05, 0.1) is 12.5 Å². The lowest BCUT2D eigenvalue weighted by Crippen LogP contribution is -2.37. The number of carbonyl (C=O) groups excluding carboxylic acids is 3. The summed E-state index contributed by atoms with van der Waals surface area (Å²) in [7, 11) is 0. The first kappa shape index (κ1) is 19.6. The van der Waals surface area contributed by atoms with Gasteiger partial charge in [-0.2, -0.15) is 5.10 Å². The number of furan rings is 1. The molecule has 2 aromatic carbocycles. The molecule has 146 valence electrons. The molecule has 0 spiro atoms. The van der Waals surface area contributed by atoms with Crippen molar-refractivity contribution in [3.8, 4) is 5.75 Å². The largest absolute Gasteiger partial charge is 0.457 e. The molecule has 0 radical (unpaired) electrons. The van der Waals surface area contributed by atoms with Crippen LogP contribution in [0.2, 0.25) is 0 Å². The molecule has 3 rings (SSSR count). The van der Waals surface area contributed by atoms with Crippen LogP contribution < -0.4 is 15.5 Å². The number of nitrogens with zero attached hydrogens (tertiary/aromatic N) is 1. The summed E-state index contributed by atoms with van der Waals surface area (Å²) in [5.41, 5.74) is 3.43. The van der Waals surface area contributed by atoms with Crippen LogP contribution in [-0.4, -0.2) is 24.0 Å². The van der Waals surface area contributed by atoms with E-state index >= 15 is 0 Å². The number of nitrogens with one attached hydrogen (secondary N) is 2. The molecule has 0 aliphatic carbocycles. The van der Waals surface area contributed by atoms with Gasteiger partial charge in [0.15, 0.2) is 0 Å². The number of amides is 2. The summed E-state index contributed by atoms with van der Waals surface area (Å²) in [5, 5.41) is 6.24. The lowest BCUT2D eigenvalue weighted by Gasteiger charge is -2.06. The first-order chi connectivity index (χ1) is 14.1. The summed E-state index contributed by atoms with van der Waals surface area (Å²) in [4.78, 5) is 35.7. The quantitative estimate of drug-likeness (QED) is 0.220. The van der Waals surface area contributed by atoms with Crippen LogP contribution in [-0.2, 0) is 16.1 Å². The first-order valence-electron chi connectivity index (χ1n) is 8.63. The Labute approximate surface area is 166 Å². The van der Waals surface area contributed by atoms with E-state index in [4.69, 9.17) is 9.15 Å². The number of benzene rings is 2. The zero-order chi connectivity index (χ0) is 20.5. The first-order valence-corrected chi connectivity index (χ1v) is 8.63. The molecular formula is C21H17N3O5. The number of hydrogen-bond donors (Lipinski definition) is 2. The molecule has 1 aromatic heterocycles. The fourth-order valence-electron chi connectivity index (χ4n) is 2.29. The van der Waals surface area contributed by atoms with Crippen LogP contribution in [0.1, 0.15) is 21.7 Å². The lowest BCUT2D eigenvalue weighted by atomic mass is 10.2. The van der Waals surface area contributed by atoms with Crippen molar-refractivity contribution >= 4 is 24.0 Å². The van der Waals surface area contributed by atoms with E-state index < -0.39 is 17.8 Å². The van der Waals surface area contributed by atoms with Gasteiger partial charge in [0.25, 0.3) is 0 Å². The van der Waals surface area contributed by atoms with Crippen molar-refractivity contribution in [1.29, 1.82) is 0 Å². The van der Waals surface area contributed by atoms with Crippen LogP contribution in [0.4, 0.5) is 0 Å². The minimum atomic E-state index is -0.915. The van der Waals surface area contributed by atoms with Gasteiger partial charge in [-0.3, -0.25) is 9.59 Å². The smallest absolute Gasteiger partial charge is 0.379 e. The van der Waals surface area contributed by atoms with Crippen molar-refractivity contribution in [3.63, 3.8) is 0 Å². The highest BCUT2D eigenvalue weighted by Gasteiger charge is 2.14. The average Bonchev–Trinajstić information content (AvgIpc) is 3.29. The van der Waals surface area contributed by atoms with Crippen molar-refractivity contribution in [2.45, 2.75) is 6.54 Å². The Kier molecular flexibility index (Phi) is 6.51. The standard InChI is InChI=1S/C21H17N3O5/c25-19(22-13-15-7-2-1-3-8-15)20(26)24-23-14-16-9-4-5-10-17(16)29-21(27)18-11-6-12-28-18/h1-12,14H,13H2,(H,22,25)(H,24,26)/b23-14+. The average molecular weight is 391 g/mol. The Balaban J connectivity index is 1.55. The van der Waals surface area contributed by atoms with Crippen LogP contribution in [0.3, 0.4) is 0 Å². The third-order valence-electron chi connectivity index (χ3n) is 3.72. The van der Waals surface area contributed by atoms with Gasteiger partial charge < -0.3 is 14.5 Å². The second-order valence-corrected chi connectivity index (χ2v) is 5.77. The Morgan fingerprint density at radius 2 is 1.69 bits per heavy atom. The normalized spacial score (nSPS) is 10.5. The summed E-state index contributed by atoms with van der Waals surface area (Å²) < 4.78 is 10.3. The molecule has 1 heterocycles. The number of rotatable bonds is 6. The molecule has 0 saturated carbocycles. The molecule has 0 fully saturated rings. The molecule has 8 heteroatoms. The van der Waals surface area contributed by atoms with Gasteiger partial charge in [-0.1, -0.05) is 42.5 Å². The predicted molar refractivity (Wildman–Crippen MR) is 104 cm³/mol. The number of carbonyl (C=O) groups is 3. The lowest BCUT2D eigenvalue weighted by molar-refractivity contribution is -0.139. The third kappa shape index (κ3) is 5.64. The van der Waals surface area contributed by atoms with Gasteiger partial charge in [-0.25, -0.2) is 10.2 Å². The van der Waals surface area contributed by atoms with Crippen molar-refractivity contribution in [1.82, 2.24) is 10.7 Å². The Hall–Kier alpha value is -4.20. The molecule has 0 aliphatic rings. The van der Waals surface area contributed by atoms with E-state index in [9.17, 15) is 14.4 Å². The van der Waals surface area contributed by atoms with Gasteiger partial charge in [0.1, 0.15) is 5.75 Å². The summed E-state index contributed by atoms with van der Waals surface area (Å²) >= 11 is 0. The Morgan fingerprint density at radius 3 is 2.45 bits per heavy atom. The summed E-state index contributed by atoms with van der Waals surface area (Å²) in [6, 6.07) is 18.8. The molecule has 0 aliphatic heterocycles. The molecule has 2 N–H and O–H groups in total. The number of esters is 1. The number of ether oxygens (including phenoxy) is 1. The maximum atomic E-state index is 12.0. The van der Waals surface area contributed by atoms with Crippen LogP contribution in [0.15, 0.2) is 82.5 Å². The zero-order valence-corrected chi connectivity index (χ0v) is 15.2. The highest BCUT2D eigenvalue weighted by Crippen LogP contribution is 2.17. The molecule has 0 bridgehead atoms. The van der Waals surface area contributed by atoms with Crippen molar-refractivity contribution in [2.24, 2.45) is 5.10 Å². The fraction of sp³-hybridized carbons (Fsp3) is 0.0476. The number of hydrazone groups is 1. The Bertz CT molecular complexity index is 1010. The van der Waals surface area contributed by atoms with Gasteiger partial charge in [0.2, 0.25) is 5.76 Å². The second-order valence-electron chi connectivity index (χ2n) is 5.77. The fourth-order valence-corrected chi connectivity index (χ4v) is 2.29. The number of hydrogen-bond acceptors (Lipinski definition) is 6. The summed E-state index contributed by atoms with van der Waals surface area (Å²) in [6.07, 6.45) is 2.63. The predicted octanol–water partition coefficient (Wildman–Crippen LogP) is 2.27. The Morgan fingerprint density at radius 1 is 0.931 bits per heavy atom. The van der Waals surface area contributed by atoms with Crippen molar-refractivity contribution < 1.29 is 23.5 Å². The molecule has 3 aromatic rings. The summed E-state index contributed by atoms with van der Waals surface area (Å²) in [5.74, 6) is -2.12. The van der Waals surface area contributed by atoms with Gasteiger partial charge in [-0.15, -0.1) is 0 Å². The van der Waals surface area contributed by atoms with Crippen LogP contribution in [0.5, 0.6) is 5.75 Å². The van der Waals surface area contributed by atoms with Gasteiger partial charge in [-0.05, 0) is 29.8 Å². The molecule has 0 saturated heterocycles. The molecular weight excluding hydrogens is 374 g/mol. The van der Waals surface area contributed by atoms with Crippen LogP contribution in [0.25, 0.3) is 0 Å². The molecule has 2 amide bonds. The molecule has 0 unspecified atom stereocenters. The summed E-state index contributed by atoms with van der Waals surface area (Å²) in [6.45, 7) is 0.225. The SMILES string of the molecule is O=C(NCc1ccccc1)C(=O)N/N=C/c1ccccc1OC(=O)c1ccco1. The monoisotopic (exact) mass is 391 g/mol. The molecule has 0 atom stereocenters. The zero-order valence-electron chi connectivity index (χ0n) is 15.2. The maximum Gasteiger partial charge on any atom is 0.379 e. The van der Waals surface area contributed by atoms with Gasteiger partial charge >= 0.3 is 17.8 Å². The topological polar surface area (TPSA) is 110 Å². The van der Waals surface area contributed by atoms with E-state index in [0.29, 0.717) is 5.56 Å². The van der Waals surface area contributed by atoms with Crippen molar-refractivity contribution in [3.05, 3.63) is 89.9 Å². The van der Waals surface area contributed by atoms with Crippen LogP contribution >= 0.6 is 0 Å². The van der Waals surface area contributed by atoms with Crippen molar-refractivity contribution in [2.75, 3.05) is 0 Å². The third-order valence-corrected chi connectivity index (χ3v) is 3.72. The van der Waals surface area contributed by atoms with E-state index in [-0.39, 0.29) is 18.1 Å². The highest BCUT2D eigenvalue weighted by molar-refractivity contribution is 6.35.